The van der Waals surface area contributed by atoms with Crippen molar-refractivity contribution in [3.05, 3.63) is 57.8 Å². The van der Waals surface area contributed by atoms with Crippen LogP contribution in [0.4, 0.5) is 4.79 Å². The molecule has 0 saturated carbocycles. The molecule has 1 saturated heterocycles. The third kappa shape index (κ3) is 6.08. The van der Waals surface area contributed by atoms with Crippen LogP contribution in [0.2, 0.25) is 0 Å². The molecule has 0 radical (unpaired) electrons. The Hall–Kier alpha value is -1.85. The van der Waals surface area contributed by atoms with Crippen LogP contribution < -0.4 is 5.32 Å². The molecule has 4 nitrogen and oxygen atoms in total. The molecule has 1 aliphatic rings. The summed E-state index contributed by atoms with van der Waals surface area (Å²) in [5, 5.41) is 5.23. The maximum Gasteiger partial charge on any atom is 0.317 e. The molecule has 2 amide bonds. The lowest BCUT2D eigenvalue weighted by Gasteiger charge is -2.33. The highest BCUT2D eigenvalue weighted by atomic mass is 32.1. The molecular weight excluding hydrogens is 354 g/mol. The molecule has 0 bridgehead atoms. The van der Waals surface area contributed by atoms with E-state index in [9.17, 15) is 4.79 Å². The van der Waals surface area contributed by atoms with Crippen LogP contribution in [-0.2, 0) is 13.0 Å². The second kappa shape index (κ2) is 9.90. The third-order valence-electron chi connectivity index (χ3n) is 5.40. The summed E-state index contributed by atoms with van der Waals surface area (Å²) in [4.78, 5) is 18.0. The zero-order valence-corrected chi connectivity index (χ0v) is 17.3. The molecule has 2 aromatic rings. The number of urea groups is 1. The lowest BCUT2D eigenvalue weighted by atomic mass is 9.97. The zero-order chi connectivity index (χ0) is 19.1. The lowest BCUT2D eigenvalue weighted by molar-refractivity contribution is 0.168. The maximum atomic E-state index is 12.4. The van der Waals surface area contributed by atoms with Crippen molar-refractivity contribution in [2.24, 2.45) is 5.92 Å². The van der Waals surface area contributed by atoms with Gasteiger partial charge in [0.2, 0.25) is 0 Å². The van der Waals surface area contributed by atoms with Gasteiger partial charge >= 0.3 is 6.03 Å². The fourth-order valence-corrected chi connectivity index (χ4v) is 4.63. The van der Waals surface area contributed by atoms with E-state index < -0.39 is 0 Å². The standard InChI is InChI=1S/C22H31N3OS/c1-18-11-14-27-21(18)17-24(2)22(26)23-15-20-9-6-12-25(16-20)13-10-19-7-4-3-5-8-19/h3-5,7-8,11,14,20H,6,9-10,12-13,15-17H2,1-2H3,(H,23,26). The minimum atomic E-state index is 0.0317. The van der Waals surface area contributed by atoms with Crippen LogP contribution in [0, 0.1) is 12.8 Å². The lowest BCUT2D eigenvalue weighted by Crippen LogP contribution is -2.44. The summed E-state index contributed by atoms with van der Waals surface area (Å²) >= 11 is 1.72. The molecule has 0 spiro atoms. The quantitative estimate of drug-likeness (QED) is 0.777. The second-order valence-corrected chi connectivity index (χ2v) is 8.61. The van der Waals surface area contributed by atoms with Crippen LogP contribution in [0.3, 0.4) is 0 Å². The van der Waals surface area contributed by atoms with Crippen LogP contribution in [-0.4, -0.2) is 49.1 Å². The Bertz CT molecular complexity index is 715. The van der Waals surface area contributed by atoms with E-state index >= 15 is 0 Å². The SMILES string of the molecule is Cc1ccsc1CN(C)C(=O)NCC1CCCN(CCc2ccccc2)C1. The van der Waals surface area contributed by atoms with Crippen molar-refractivity contribution in [3.63, 3.8) is 0 Å². The van der Waals surface area contributed by atoms with E-state index in [4.69, 9.17) is 0 Å². The van der Waals surface area contributed by atoms with E-state index in [1.807, 2.05) is 7.05 Å². The molecule has 1 aromatic heterocycles. The fourth-order valence-electron chi connectivity index (χ4n) is 3.67. The number of hydrogen-bond acceptors (Lipinski definition) is 3. The van der Waals surface area contributed by atoms with E-state index in [0.717, 1.165) is 26.1 Å². The van der Waals surface area contributed by atoms with Gasteiger partial charge in [0.1, 0.15) is 0 Å². The van der Waals surface area contributed by atoms with Crippen molar-refractivity contribution in [2.75, 3.05) is 33.2 Å². The third-order valence-corrected chi connectivity index (χ3v) is 6.41. The van der Waals surface area contributed by atoms with Crippen molar-refractivity contribution in [1.82, 2.24) is 15.1 Å². The van der Waals surface area contributed by atoms with Gasteiger partial charge in [-0.1, -0.05) is 30.3 Å². The fraction of sp³-hybridized carbons (Fsp3) is 0.500. The number of thiophene rings is 1. The smallest absolute Gasteiger partial charge is 0.317 e. The Morgan fingerprint density at radius 3 is 2.85 bits per heavy atom. The van der Waals surface area contributed by atoms with Gasteiger partial charge in [-0.15, -0.1) is 11.3 Å². The molecule has 1 aliphatic heterocycles. The molecule has 5 heteroatoms. The molecule has 1 atom stereocenters. The van der Waals surface area contributed by atoms with Crippen molar-refractivity contribution in [2.45, 2.75) is 32.7 Å². The summed E-state index contributed by atoms with van der Waals surface area (Å²) < 4.78 is 0. The summed E-state index contributed by atoms with van der Waals surface area (Å²) in [6.07, 6.45) is 3.53. The predicted octanol–water partition coefficient (Wildman–Crippen LogP) is 4.15. The second-order valence-electron chi connectivity index (χ2n) is 7.61. The monoisotopic (exact) mass is 385 g/mol. The molecular formula is C22H31N3OS. The van der Waals surface area contributed by atoms with Gasteiger partial charge in [0.15, 0.2) is 0 Å². The summed E-state index contributed by atoms with van der Waals surface area (Å²) in [6, 6.07) is 12.8. The van der Waals surface area contributed by atoms with E-state index in [1.165, 1.54) is 35.4 Å². The van der Waals surface area contributed by atoms with Crippen molar-refractivity contribution in [3.8, 4) is 0 Å². The Morgan fingerprint density at radius 1 is 1.30 bits per heavy atom. The molecule has 1 aromatic carbocycles. The number of likely N-dealkylation sites (tertiary alicyclic amines) is 1. The summed E-state index contributed by atoms with van der Waals surface area (Å²) in [6.45, 7) is 6.92. The molecule has 3 rings (SSSR count). The van der Waals surface area contributed by atoms with Gasteiger partial charge in [-0.2, -0.15) is 0 Å². The number of amides is 2. The first-order valence-corrected chi connectivity index (χ1v) is 10.8. The van der Waals surface area contributed by atoms with Gasteiger partial charge < -0.3 is 15.1 Å². The van der Waals surface area contributed by atoms with E-state index in [0.29, 0.717) is 12.5 Å². The Labute approximate surface area is 167 Å². The van der Waals surface area contributed by atoms with Gasteiger partial charge in [0, 0.05) is 31.6 Å². The highest BCUT2D eigenvalue weighted by Gasteiger charge is 2.21. The van der Waals surface area contributed by atoms with Gasteiger partial charge in [-0.05, 0) is 61.2 Å². The van der Waals surface area contributed by atoms with E-state index in [2.05, 4.69) is 58.9 Å². The van der Waals surface area contributed by atoms with Gasteiger partial charge in [-0.25, -0.2) is 4.79 Å². The topological polar surface area (TPSA) is 35.6 Å². The zero-order valence-electron chi connectivity index (χ0n) is 16.5. The Kier molecular flexibility index (Phi) is 7.30. The van der Waals surface area contributed by atoms with Gasteiger partial charge in [0.25, 0.3) is 0 Å². The average molecular weight is 386 g/mol. The largest absolute Gasteiger partial charge is 0.338 e. The highest BCUT2D eigenvalue weighted by Crippen LogP contribution is 2.18. The van der Waals surface area contributed by atoms with Crippen molar-refractivity contribution >= 4 is 17.4 Å². The number of hydrogen-bond donors (Lipinski definition) is 1. The highest BCUT2D eigenvalue weighted by molar-refractivity contribution is 7.10. The number of carbonyl (C=O) groups excluding carboxylic acids is 1. The molecule has 27 heavy (non-hydrogen) atoms. The van der Waals surface area contributed by atoms with E-state index in [1.54, 1.807) is 16.2 Å². The Balaban J connectivity index is 1.39. The number of nitrogens with one attached hydrogen (secondary N) is 1. The van der Waals surface area contributed by atoms with Crippen LogP contribution in [0.15, 0.2) is 41.8 Å². The number of nitrogens with zero attached hydrogens (tertiary/aromatic N) is 2. The van der Waals surface area contributed by atoms with Crippen LogP contribution >= 0.6 is 11.3 Å². The normalized spacial score (nSPS) is 17.6. The maximum absolute atomic E-state index is 12.4. The minimum absolute atomic E-state index is 0.0317. The summed E-state index contributed by atoms with van der Waals surface area (Å²) in [5.41, 5.74) is 2.67. The molecule has 2 heterocycles. The number of piperidine rings is 1. The predicted molar refractivity (Wildman–Crippen MR) is 113 cm³/mol. The van der Waals surface area contributed by atoms with Crippen molar-refractivity contribution < 1.29 is 4.79 Å². The van der Waals surface area contributed by atoms with Crippen LogP contribution in [0.25, 0.3) is 0 Å². The first-order chi connectivity index (χ1) is 13.1. The first kappa shape index (κ1) is 19.9. The average Bonchev–Trinajstić information content (AvgIpc) is 3.10. The molecule has 1 fully saturated rings. The summed E-state index contributed by atoms with van der Waals surface area (Å²) in [7, 11) is 1.88. The van der Waals surface area contributed by atoms with Crippen LogP contribution in [0.5, 0.6) is 0 Å². The first-order valence-electron chi connectivity index (χ1n) is 9.90. The van der Waals surface area contributed by atoms with Crippen LogP contribution in [0.1, 0.15) is 28.8 Å². The molecule has 1 N–H and O–H groups in total. The van der Waals surface area contributed by atoms with Gasteiger partial charge in [0.05, 0.1) is 6.54 Å². The molecule has 146 valence electrons. The number of benzene rings is 1. The number of carbonyl (C=O) groups is 1. The summed E-state index contributed by atoms with van der Waals surface area (Å²) in [5.74, 6) is 0.551. The minimum Gasteiger partial charge on any atom is -0.338 e. The number of aryl methyl sites for hydroxylation is 1. The molecule has 1 unspecified atom stereocenters. The van der Waals surface area contributed by atoms with Crippen molar-refractivity contribution in [1.29, 1.82) is 0 Å². The molecule has 0 aliphatic carbocycles. The Morgan fingerprint density at radius 2 is 2.11 bits per heavy atom. The van der Waals surface area contributed by atoms with Gasteiger partial charge in [-0.3, -0.25) is 0 Å². The number of rotatable bonds is 7. The van der Waals surface area contributed by atoms with E-state index in [-0.39, 0.29) is 6.03 Å².